The van der Waals surface area contributed by atoms with Crippen LogP contribution in [-0.4, -0.2) is 22.8 Å². The van der Waals surface area contributed by atoms with Crippen molar-refractivity contribution in [3.8, 4) is 11.8 Å². The molecule has 144 valence electrons. The highest BCUT2D eigenvalue weighted by Crippen LogP contribution is 2.37. The second kappa shape index (κ2) is 7.52. The average molecular weight is 385 g/mol. The maximum atomic E-state index is 13.3. The van der Waals surface area contributed by atoms with Gasteiger partial charge in [0.25, 0.3) is 5.91 Å². The molecule has 2 N–H and O–H groups in total. The fourth-order valence-electron chi connectivity index (χ4n) is 3.51. The Morgan fingerprint density at radius 1 is 1.21 bits per heavy atom. The lowest BCUT2D eigenvalue weighted by Crippen LogP contribution is -2.31. The van der Waals surface area contributed by atoms with Crippen molar-refractivity contribution < 1.29 is 9.53 Å². The van der Waals surface area contributed by atoms with Gasteiger partial charge < -0.3 is 15.4 Å². The van der Waals surface area contributed by atoms with Crippen molar-refractivity contribution in [3.63, 3.8) is 0 Å². The van der Waals surface area contributed by atoms with E-state index in [-0.39, 0.29) is 5.91 Å². The van der Waals surface area contributed by atoms with E-state index >= 15 is 0 Å². The zero-order valence-corrected chi connectivity index (χ0v) is 16.0. The lowest BCUT2D eigenvalue weighted by Gasteiger charge is -2.30. The molecule has 0 fully saturated rings. The Hall–Kier alpha value is -4.05. The molecule has 1 atom stereocenters. The minimum atomic E-state index is -0.468. The molecule has 1 aromatic heterocycles. The average Bonchev–Trinajstić information content (AvgIpc) is 3.16. The van der Waals surface area contributed by atoms with Crippen molar-refractivity contribution in [1.29, 1.82) is 5.26 Å². The smallest absolute Gasteiger partial charge is 0.255 e. The molecule has 7 nitrogen and oxygen atoms in total. The van der Waals surface area contributed by atoms with Gasteiger partial charge in [-0.25, -0.2) is 4.68 Å². The standard InChI is InChI=1S/C22H19N5O2/c1-14-19(22(28)26-17-10-6-7-11-18(17)29-2)20(15-8-4-3-5-9-15)27-21(25-14)16(12-23)13-24-27/h3-11,13,20,25H,1-2H3,(H,26,28). The fourth-order valence-corrected chi connectivity index (χ4v) is 3.51. The van der Waals surface area contributed by atoms with Crippen molar-refractivity contribution in [1.82, 2.24) is 9.78 Å². The van der Waals surface area contributed by atoms with Crippen LogP contribution in [0.5, 0.6) is 5.75 Å². The minimum absolute atomic E-state index is 0.270. The number of fused-ring (bicyclic) bond motifs is 1. The number of anilines is 2. The van der Waals surface area contributed by atoms with Crippen molar-refractivity contribution in [2.24, 2.45) is 0 Å². The SMILES string of the molecule is COc1ccccc1NC(=O)C1=C(C)Nc2c(C#N)cnn2C1c1ccccc1. The van der Waals surface area contributed by atoms with Gasteiger partial charge in [0.05, 0.1) is 24.6 Å². The number of ether oxygens (including phenoxy) is 1. The molecule has 0 bridgehead atoms. The summed E-state index contributed by atoms with van der Waals surface area (Å²) in [6.07, 6.45) is 1.51. The summed E-state index contributed by atoms with van der Waals surface area (Å²) in [5.41, 5.74) is 3.08. The summed E-state index contributed by atoms with van der Waals surface area (Å²) in [6, 6.07) is 18.5. The molecule has 0 saturated heterocycles. The molecular formula is C22H19N5O2. The van der Waals surface area contributed by atoms with Gasteiger partial charge in [-0.2, -0.15) is 10.4 Å². The number of hydrogen-bond acceptors (Lipinski definition) is 5. The second-order valence-electron chi connectivity index (χ2n) is 6.59. The molecule has 0 spiro atoms. The van der Waals surface area contributed by atoms with Crippen LogP contribution >= 0.6 is 0 Å². The van der Waals surface area contributed by atoms with E-state index in [0.717, 1.165) is 5.56 Å². The highest BCUT2D eigenvalue weighted by molar-refractivity contribution is 6.06. The van der Waals surface area contributed by atoms with Crippen LogP contribution in [0.1, 0.15) is 24.1 Å². The summed E-state index contributed by atoms with van der Waals surface area (Å²) in [7, 11) is 1.56. The predicted octanol–water partition coefficient (Wildman–Crippen LogP) is 3.69. The lowest BCUT2D eigenvalue weighted by molar-refractivity contribution is -0.113. The lowest BCUT2D eigenvalue weighted by atomic mass is 9.94. The van der Waals surface area contributed by atoms with Crippen LogP contribution < -0.4 is 15.4 Å². The first-order valence-electron chi connectivity index (χ1n) is 9.08. The highest BCUT2D eigenvalue weighted by Gasteiger charge is 2.34. The van der Waals surface area contributed by atoms with Crippen LogP contribution in [0.2, 0.25) is 0 Å². The van der Waals surface area contributed by atoms with Gasteiger partial charge in [0.2, 0.25) is 0 Å². The number of methoxy groups -OCH3 is 1. The Labute approximate surface area is 168 Å². The van der Waals surface area contributed by atoms with Crippen LogP contribution in [0.15, 0.2) is 72.1 Å². The molecule has 7 heteroatoms. The first-order valence-corrected chi connectivity index (χ1v) is 9.08. The van der Waals surface area contributed by atoms with Gasteiger partial charge in [-0.3, -0.25) is 4.79 Å². The van der Waals surface area contributed by atoms with E-state index in [1.807, 2.05) is 49.4 Å². The van der Waals surface area contributed by atoms with Crippen LogP contribution in [0, 0.1) is 11.3 Å². The molecular weight excluding hydrogens is 366 g/mol. The summed E-state index contributed by atoms with van der Waals surface area (Å²) >= 11 is 0. The minimum Gasteiger partial charge on any atom is -0.495 e. The van der Waals surface area contributed by atoms with E-state index < -0.39 is 6.04 Å². The highest BCUT2D eigenvalue weighted by atomic mass is 16.5. The molecule has 1 aliphatic rings. The van der Waals surface area contributed by atoms with Crippen molar-refractivity contribution in [2.45, 2.75) is 13.0 Å². The van der Waals surface area contributed by atoms with E-state index in [1.54, 1.807) is 23.9 Å². The molecule has 1 amide bonds. The molecule has 4 rings (SSSR count). The Balaban J connectivity index is 1.80. The van der Waals surface area contributed by atoms with E-state index in [4.69, 9.17) is 4.74 Å². The third-order valence-electron chi connectivity index (χ3n) is 4.86. The topological polar surface area (TPSA) is 92.0 Å². The molecule has 29 heavy (non-hydrogen) atoms. The van der Waals surface area contributed by atoms with Gasteiger partial charge in [-0.1, -0.05) is 42.5 Å². The Morgan fingerprint density at radius 2 is 1.93 bits per heavy atom. The normalized spacial score (nSPS) is 15.1. The van der Waals surface area contributed by atoms with Crippen molar-refractivity contribution in [2.75, 3.05) is 17.7 Å². The van der Waals surface area contributed by atoms with Gasteiger partial charge >= 0.3 is 0 Å². The molecule has 2 aromatic carbocycles. The van der Waals surface area contributed by atoms with Gasteiger partial charge in [0, 0.05) is 5.70 Å². The van der Waals surface area contributed by atoms with E-state index in [1.165, 1.54) is 6.20 Å². The number of allylic oxidation sites excluding steroid dienone is 1. The zero-order valence-electron chi connectivity index (χ0n) is 16.0. The van der Waals surface area contributed by atoms with Crippen LogP contribution in [0.3, 0.4) is 0 Å². The molecule has 2 heterocycles. The monoisotopic (exact) mass is 385 g/mol. The molecule has 1 unspecified atom stereocenters. The third kappa shape index (κ3) is 3.21. The van der Waals surface area contributed by atoms with E-state index in [0.29, 0.717) is 34.1 Å². The molecule has 1 aliphatic heterocycles. The molecule has 3 aromatic rings. The first-order chi connectivity index (χ1) is 14.1. The number of carbonyl (C=O) groups excluding carboxylic acids is 1. The number of rotatable bonds is 4. The number of nitriles is 1. The summed E-state index contributed by atoms with van der Waals surface area (Å²) in [5, 5.41) is 19.9. The maximum absolute atomic E-state index is 13.3. The predicted molar refractivity (Wildman–Crippen MR) is 109 cm³/mol. The summed E-state index contributed by atoms with van der Waals surface area (Å²) in [4.78, 5) is 13.3. The zero-order chi connectivity index (χ0) is 20.4. The van der Waals surface area contributed by atoms with E-state index in [9.17, 15) is 10.1 Å². The molecule has 0 aliphatic carbocycles. The van der Waals surface area contributed by atoms with Crippen LogP contribution in [0.25, 0.3) is 0 Å². The van der Waals surface area contributed by atoms with Crippen LogP contribution in [-0.2, 0) is 4.79 Å². The number of hydrogen-bond donors (Lipinski definition) is 2. The third-order valence-corrected chi connectivity index (χ3v) is 4.86. The first kappa shape index (κ1) is 18.3. The summed E-state index contributed by atoms with van der Waals surface area (Å²) < 4.78 is 7.02. The Morgan fingerprint density at radius 3 is 2.66 bits per heavy atom. The summed E-state index contributed by atoms with van der Waals surface area (Å²) in [5.74, 6) is 0.881. The van der Waals surface area contributed by atoms with Crippen molar-refractivity contribution in [3.05, 3.63) is 83.2 Å². The molecule has 0 radical (unpaired) electrons. The number of benzene rings is 2. The van der Waals surface area contributed by atoms with Gasteiger partial charge in [0.15, 0.2) is 0 Å². The number of amides is 1. The number of nitrogens with one attached hydrogen (secondary N) is 2. The number of nitrogens with zero attached hydrogens (tertiary/aromatic N) is 3. The number of para-hydroxylation sites is 2. The van der Waals surface area contributed by atoms with Gasteiger partial charge in [0.1, 0.15) is 29.2 Å². The van der Waals surface area contributed by atoms with Gasteiger partial charge in [-0.15, -0.1) is 0 Å². The largest absolute Gasteiger partial charge is 0.495 e. The maximum Gasteiger partial charge on any atom is 0.255 e. The Kier molecular flexibility index (Phi) is 4.75. The van der Waals surface area contributed by atoms with Gasteiger partial charge in [-0.05, 0) is 24.6 Å². The van der Waals surface area contributed by atoms with E-state index in [2.05, 4.69) is 21.8 Å². The Bertz CT molecular complexity index is 1140. The fraction of sp³-hybridized carbons (Fsp3) is 0.136. The molecule has 0 saturated carbocycles. The number of aromatic nitrogens is 2. The van der Waals surface area contributed by atoms with Crippen molar-refractivity contribution >= 4 is 17.4 Å². The summed E-state index contributed by atoms with van der Waals surface area (Å²) in [6.45, 7) is 1.82. The van der Waals surface area contributed by atoms with Crippen LogP contribution in [0.4, 0.5) is 11.5 Å². The quantitative estimate of drug-likeness (QED) is 0.715. The second-order valence-corrected chi connectivity index (χ2v) is 6.59. The number of carbonyl (C=O) groups is 1.